The number of piperidine rings is 1. The molecule has 6 nitrogen and oxygen atoms in total. The largest absolute Gasteiger partial charge is 0.390 e. The molecule has 1 aliphatic heterocycles. The van der Waals surface area contributed by atoms with Crippen molar-refractivity contribution in [1.82, 2.24) is 9.97 Å². The van der Waals surface area contributed by atoms with Crippen molar-refractivity contribution in [3.8, 4) is 0 Å². The molecular weight excluding hydrogens is 208 g/mol. The lowest BCUT2D eigenvalue weighted by molar-refractivity contribution is -0.0208. The minimum absolute atomic E-state index is 0.196. The van der Waals surface area contributed by atoms with Gasteiger partial charge in [-0.1, -0.05) is 0 Å². The van der Waals surface area contributed by atoms with E-state index in [-0.39, 0.29) is 6.10 Å². The fraction of sp³-hybridized carbons (Fsp3) is 0.600. The highest BCUT2D eigenvalue weighted by Crippen LogP contribution is 2.18. The van der Waals surface area contributed by atoms with Crippen molar-refractivity contribution in [2.45, 2.75) is 18.6 Å². The summed E-state index contributed by atoms with van der Waals surface area (Å²) >= 11 is 0. The molecule has 2 heterocycles. The molecule has 16 heavy (non-hydrogen) atoms. The standard InChI is InChI=1S/C10H16N4O2/c1-16-8-6-14(5-3-7(8)15)10-12-4-2-9(11)13-10/h2,4,7-8,15H,3,5-6H2,1H3,(H2,11,12,13). The molecule has 6 heteroatoms. The molecule has 1 aliphatic rings. The Hall–Kier alpha value is -1.40. The van der Waals surface area contributed by atoms with Gasteiger partial charge in [0.1, 0.15) is 11.9 Å². The number of hydrogen-bond acceptors (Lipinski definition) is 6. The second kappa shape index (κ2) is 4.63. The average Bonchev–Trinajstić information content (AvgIpc) is 2.29. The lowest BCUT2D eigenvalue weighted by Crippen LogP contribution is -2.48. The van der Waals surface area contributed by atoms with Gasteiger partial charge < -0.3 is 20.5 Å². The highest BCUT2D eigenvalue weighted by atomic mass is 16.5. The van der Waals surface area contributed by atoms with Gasteiger partial charge in [0, 0.05) is 26.4 Å². The van der Waals surface area contributed by atoms with E-state index in [1.807, 2.05) is 4.90 Å². The topological polar surface area (TPSA) is 84.5 Å². The first-order chi connectivity index (χ1) is 7.70. The summed E-state index contributed by atoms with van der Waals surface area (Å²) in [7, 11) is 1.59. The van der Waals surface area contributed by atoms with Crippen LogP contribution < -0.4 is 10.6 Å². The van der Waals surface area contributed by atoms with Crippen molar-refractivity contribution in [2.75, 3.05) is 30.8 Å². The van der Waals surface area contributed by atoms with Gasteiger partial charge in [0.2, 0.25) is 5.95 Å². The van der Waals surface area contributed by atoms with Crippen LogP contribution in [0.5, 0.6) is 0 Å². The fourth-order valence-corrected chi connectivity index (χ4v) is 1.83. The number of rotatable bonds is 2. The zero-order valence-corrected chi connectivity index (χ0v) is 9.21. The van der Waals surface area contributed by atoms with E-state index in [1.54, 1.807) is 19.4 Å². The van der Waals surface area contributed by atoms with Crippen molar-refractivity contribution < 1.29 is 9.84 Å². The summed E-state index contributed by atoms with van der Waals surface area (Å²) in [5.41, 5.74) is 5.60. The highest BCUT2D eigenvalue weighted by molar-refractivity contribution is 5.38. The molecule has 88 valence electrons. The molecule has 0 bridgehead atoms. The second-order valence-corrected chi connectivity index (χ2v) is 3.86. The Morgan fingerprint density at radius 2 is 2.44 bits per heavy atom. The number of nitrogens with two attached hydrogens (primary N) is 1. The zero-order chi connectivity index (χ0) is 11.5. The highest BCUT2D eigenvalue weighted by Gasteiger charge is 2.28. The third-order valence-corrected chi connectivity index (χ3v) is 2.77. The van der Waals surface area contributed by atoms with Crippen molar-refractivity contribution in [1.29, 1.82) is 0 Å². The van der Waals surface area contributed by atoms with Gasteiger partial charge in [0.15, 0.2) is 0 Å². The molecule has 2 unspecified atom stereocenters. The van der Waals surface area contributed by atoms with Gasteiger partial charge in [-0.05, 0) is 12.5 Å². The third kappa shape index (κ3) is 2.23. The minimum Gasteiger partial charge on any atom is -0.390 e. The minimum atomic E-state index is -0.415. The van der Waals surface area contributed by atoms with Gasteiger partial charge in [0.25, 0.3) is 0 Å². The maximum Gasteiger partial charge on any atom is 0.227 e. The van der Waals surface area contributed by atoms with Gasteiger partial charge >= 0.3 is 0 Å². The van der Waals surface area contributed by atoms with E-state index in [2.05, 4.69) is 9.97 Å². The van der Waals surface area contributed by atoms with Crippen LogP contribution in [0, 0.1) is 0 Å². The van der Waals surface area contributed by atoms with Crippen LogP contribution in [-0.4, -0.2) is 47.5 Å². The molecule has 2 atom stereocenters. The van der Waals surface area contributed by atoms with E-state index in [4.69, 9.17) is 10.5 Å². The first kappa shape index (κ1) is 11.1. The molecule has 0 aliphatic carbocycles. The molecule has 0 radical (unpaired) electrons. The molecule has 0 amide bonds. The molecule has 1 aromatic rings. The quantitative estimate of drug-likeness (QED) is 0.714. The first-order valence-electron chi connectivity index (χ1n) is 5.25. The summed E-state index contributed by atoms with van der Waals surface area (Å²) in [6.45, 7) is 1.30. The first-order valence-corrected chi connectivity index (χ1v) is 5.25. The van der Waals surface area contributed by atoms with E-state index in [0.717, 1.165) is 0 Å². The Morgan fingerprint density at radius 1 is 1.62 bits per heavy atom. The lowest BCUT2D eigenvalue weighted by atomic mass is 10.1. The van der Waals surface area contributed by atoms with Crippen LogP contribution in [0.1, 0.15) is 6.42 Å². The molecule has 0 saturated carbocycles. The maximum atomic E-state index is 9.67. The van der Waals surface area contributed by atoms with Crippen molar-refractivity contribution >= 4 is 11.8 Å². The van der Waals surface area contributed by atoms with Crippen molar-refractivity contribution in [3.05, 3.63) is 12.3 Å². The summed E-state index contributed by atoms with van der Waals surface area (Å²) in [5.74, 6) is 1.04. The molecule has 0 aromatic carbocycles. The summed E-state index contributed by atoms with van der Waals surface area (Å²) in [6.07, 6.45) is 1.67. The number of nitrogen functional groups attached to an aromatic ring is 1. The summed E-state index contributed by atoms with van der Waals surface area (Å²) in [5, 5.41) is 9.67. The number of anilines is 2. The van der Waals surface area contributed by atoms with Crippen LogP contribution in [0.2, 0.25) is 0 Å². The molecule has 1 fully saturated rings. The molecular formula is C10H16N4O2. The number of nitrogens with zero attached hydrogens (tertiary/aromatic N) is 3. The van der Waals surface area contributed by atoms with Crippen molar-refractivity contribution in [2.24, 2.45) is 0 Å². The Morgan fingerprint density at radius 3 is 3.12 bits per heavy atom. The SMILES string of the molecule is COC1CN(c2nccc(N)n2)CCC1O. The van der Waals surface area contributed by atoms with Gasteiger partial charge in [0.05, 0.1) is 6.10 Å². The number of aromatic nitrogens is 2. The van der Waals surface area contributed by atoms with Crippen LogP contribution in [-0.2, 0) is 4.74 Å². The Balaban J connectivity index is 2.11. The van der Waals surface area contributed by atoms with Crippen LogP contribution in [0.25, 0.3) is 0 Å². The predicted octanol–water partition coefficient (Wildman–Crippen LogP) is -0.355. The van der Waals surface area contributed by atoms with Crippen LogP contribution >= 0.6 is 0 Å². The Bertz CT molecular complexity index is 360. The van der Waals surface area contributed by atoms with Gasteiger partial charge in [-0.25, -0.2) is 4.98 Å². The maximum absolute atomic E-state index is 9.67. The van der Waals surface area contributed by atoms with E-state index >= 15 is 0 Å². The van der Waals surface area contributed by atoms with Crippen LogP contribution in [0.3, 0.4) is 0 Å². The lowest BCUT2D eigenvalue weighted by Gasteiger charge is -2.35. The number of aliphatic hydroxyl groups excluding tert-OH is 1. The summed E-state index contributed by atoms with van der Waals surface area (Å²) < 4.78 is 5.21. The van der Waals surface area contributed by atoms with Crippen LogP contribution in [0.15, 0.2) is 12.3 Å². The monoisotopic (exact) mass is 224 g/mol. The molecule has 1 saturated heterocycles. The van der Waals surface area contributed by atoms with Crippen LogP contribution in [0.4, 0.5) is 11.8 Å². The number of methoxy groups -OCH3 is 1. The smallest absolute Gasteiger partial charge is 0.227 e. The van der Waals surface area contributed by atoms with Gasteiger partial charge in [-0.3, -0.25) is 0 Å². The van der Waals surface area contributed by atoms with Gasteiger partial charge in [-0.2, -0.15) is 4.98 Å². The van der Waals surface area contributed by atoms with Gasteiger partial charge in [-0.15, -0.1) is 0 Å². The number of ether oxygens (including phenoxy) is 1. The fourth-order valence-electron chi connectivity index (χ4n) is 1.83. The Labute approximate surface area is 94.1 Å². The normalized spacial score (nSPS) is 25.8. The number of aliphatic hydroxyl groups is 1. The Kier molecular flexibility index (Phi) is 3.21. The van der Waals surface area contributed by atoms with E-state index in [1.165, 1.54) is 0 Å². The zero-order valence-electron chi connectivity index (χ0n) is 9.21. The predicted molar refractivity (Wildman–Crippen MR) is 60.1 cm³/mol. The van der Waals surface area contributed by atoms with E-state index in [9.17, 15) is 5.11 Å². The average molecular weight is 224 g/mol. The van der Waals surface area contributed by atoms with E-state index < -0.39 is 6.10 Å². The summed E-state index contributed by atoms with van der Waals surface area (Å²) in [6, 6.07) is 1.65. The number of hydrogen-bond donors (Lipinski definition) is 2. The summed E-state index contributed by atoms with van der Waals surface area (Å²) in [4.78, 5) is 10.3. The molecule has 1 aromatic heterocycles. The van der Waals surface area contributed by atoms with E-state index in [0.29, 0.717) is 31.3 Å². The van der Waals surface area contributed by atoms with Crippen molar-refractivity contribution in [3.63, 3.8) is 0 Å². The second-order valence-electron chi connectivity index (χ2n) is 3.86. The third-order valence-electron chi connectivity index (χ3n) is 2.77. The molecule has 2 rings (SSSR count). The molecule has 0 spiro atoms. The molecule has 3 N–H and O–H groups in total.